The van der Waals surface area contributed by atoms with Gasteiger partial charge in [0.15, 0.2) is 0 Å². The van der Waals surface area contributed by atoms with E-state index in [1.54, 1.807) is 0 Å². The van der Waals surface area contributed by atoms with E-state index in [0.29, 0.717) is 0 Å². The predicted molar refractivity (Wildman–Crippen MR) is 72.1 cm³/mol. The number of hydrogen-bond donors (Lipinski definition) is 1. The molecule has 2 unspecified atom stereocenters. The van der Waals surface area contributed by atoms with E-state index in [1.807, 2.05) is 0 Å². The van der Waals surface area contributed by atoms with Crippen LogP contribution in [0.2, 0.25) is 0 Å². The maximum atomic E-state index is 10.7. The van der Waals surface area contributed by atoms with Crippen LogP contribution in [-0.2, 0) is 6.42 Å². The first-order chi connectivity index (χ1) is 8.07. The minimum atomic E-state index is -0.458. The average Bonchev–Trinajstić information content (AvgIpc) is 2.45. The lowest BCUT2D eigenvalue weighted by Gasteiger charge is -2.27. The molecule has 1 aliphatic carbocycles. The molecule has 1 aliphatic rings. The zero-order valence-corrected chi connectivity index (χ0v) is 11.1. The molecule has 0 aliphatic heterocycles. The van der Waals surface area contributed by atoms with Gasteiger partial charge < -0.3 is 5.11 Å². The lowest BCUT2D eigenvalue weighted by atomic mass is 9.87. The van der Waals surface area contributed by atoms with Crippen molar-refractivity contribution < 1.29 is 5.11 Å². The summed E-state index contributed by atoms with van der Waals surface area (Å²) in [4.78, 5) is 0. The molecule has 0 amide bonds. The lowest BCUT2D eigenvalue weighted by Crippen LogP contribution is -2.30. The molecule has 1 heteroatoms. The molecular weight excluding hydrogens is 208 g/mol. The molecule has 0 radical (unpaired) electrons. The van der Waals surface area contributed by atoms with E-state index >= 15 is 0 Å². The molecule has 0 saturated heterocycles. The Balaban J connectivity index is 2.03. The van der Waals surface area contributed by atoms with Gasteiger partial charge in [0, 0.05) is 6.42 Å². The third-order valence-electron chi connectivity index (χ3n) is 4.10. The molecule has 0 bridgehead atoms. The van der Waals surface area contributed by atoms with Crippen molar-refractivity contribution in [1.82, 2.24) is 0 Å². The molecule has 2 rings (SSSR count). The highest BCUT2D eigenvalue weighted by Gasteiger charge is 2.29. The fraction of sp³-hybridized carbons (Fsp3) is 0.625. The Hall–Kier alpha value is -0.820. The van der Waals surface area contributed by atoms with E-state index in [9.17, 15) is 5.11 Å². The summed E-state index contributed by atoms with van der Waals surface area (Å²) in [6.07, 6.45) is 6.36. The molecule has 94 valence electrons. The van der Waals surface area contributed by atoms with Crippen LogP contribution in [0, 0.1) is 12.8 Å². The maximum absolute atomic E-state index is 10.7. The van der Waals surface area contributed by atoms with Gasteiger partial charge >= 0.3 is 0 Å². The van der Waals surface area contributed by atoms with E-state index < -0.39 is 5.60 Å². The predicted octanol–water partition coefficient (Wildman–Crippen LogP) is 3.87. The molecule has 1 saturated carbocycles. The van der Waals surface area contributed by atoms with Crippen molar-refractivity contribution in [3.8, 4) is 0 Å². The van der Waals surface area contributed by atoms with Crippen LogP contribution in [0.15, 0.2) is 24.3 Å². The first kappa shape index (κ1) is 12.6. The summed E-state index contributed by atoms with van der Waals surface area (Å²) in [5.41, 5.74) is 2.10. The smallest absolute Gasteiger partial charge is 0.0688 e. The Bertz CT molecular complexity index is 354. The standard InChI is InChI=1S/C16H24O/c1-13-4-3-10-16(17,11-9-13)12-15-7-5-14(2)6-8-15/h5-8,13,17H,3-4,9-12H2,1-2H3. The van der Waals surface area contributed by atoms with Crippen LogP contribution in [0.25, 0.3) is 0 Å². The van der Waals surface area contributed by atoms with Crippen molar-refractivity contribution in [2.45, 2.75) is 58.0 Å². The fourth-order valence-electron chi connectivity index (χ4n) is 2.83. The van der Waals surface area contributed by atoms with Gasteiger partial charge in [0.1, 0.15) is 0 Å². The summed E-state index contributed by atoms with van der Waals surface area (Å²) in [7, 11) is 0. The molecule has 1 nitrogen and oxygen atoms in total. The number of rotatable bonds is 2. The molecule has 1 aromatic rings. The molecule has 1 N–H and O–H groups in total. The largest absolute Gasteiger partial charge is 0.390 e. The number of hydrogen-bond acceptors (Lipinski definition) is 1. The molecular formula is C16H24O. The molecule has 0 spiro atoms. The first-order valence-electron chi connectivity index (χ1n) is 6.85. The molecule has 0 aromatic heterocycles. The SMILES string of the molecule is Cc1ccc(CC2(O)CCCC(C)CC2)cc1. The van der Waals surface area contributed by atoms with Crippen LogP contribution in [0.4, 0.5) is 0 Å². The second-order valence-corrected chi connectivity index (χ2v) is 5.92. The molecule has 1 aromatic carbocycles. The van der Waals surface area contributed by atoms with E-state index in [-0.39, 0.29) is 0 Å². The molecule has 1 fully saturated rings. The number of aryl methyl sites for hydroxylation is 1. The summed E-state index contributed by atoms with van der Waals surface area (Å²) >= 11 is 0. The normalized spacial score (nSPS) is 29.9. The lowest BCUT2D eigenvalue weighted by molar-refractivity contribution is 0.0244. The van der Waals surface area contributed by atoms with E-state index in [1.165, 1.54) is 30.4 Å². The van der Waals surface area contributed by atoms with Crippen LogP contribution >= 0.6 is 0 Å². The van der Waals surface area contributed by atoms with E-state index in [2.05, 4.69) is 38.1 Å². The van der Waals surface area contributed by atoms with Gasteiger partial charge in [-0.1, -0.05) is 49.6 Å². The summed E-state index contributed by atoms with van der Waals surface area (Å²) in [5, 5.41) is 10.7. The Morgan fingerprint density at radius 1 is 1.18 bits per heavy atom. The van der Waals surface area contributed by atoms with E-state index in [4.69, 9.17) is 0 Å². The summed E-state index contributed by atoms with van der Waals surface area (Å²) in [6.45, 7) is 4.41. The second-order valence-electron chi connectivity index (χ2n) is 5.92. The minimum Gasteiger partial charge on any atom is -0.390 e. The van der Waals surface area contributed by atoms with Gasteiger partial charge in [0.2, 0.25) is 0 Å². The van der Waals surface area contributed by atoms with Crippen molar-refractivity contribution in [2.24, 2.45) is 5.92 Å². The summed E-state index contributed by atoms with van der Waals surface area (Å²) in [5.74, 6) is 0.780. The zero-order valence-electron chi connectivity index (χ0n) is 11.1. The van der Waals surface area contributed by atoms with Crippen LogP contribution in [0.3, 0.4) is 0 Å². The first-order valence-corrected chi connectivity index (χ1v) is 6.85. The van der Waals surface area contributed by atoms with Gasteiger partial charge in [-0.2, -0.15) is 0 Å². The van der Waals surface area contributed by atoms with Crippen LogP contribution < -0.4 is 0 Å². The van der Waals surface area contributed by atoms with Gasteiger partial charge in [-0.05, 0) is 37.7 Å². The summed E-state index contributed by atoms with van der Waals surface area (Å²) < 4.78 is 0. The monoisotopic (exact) mass is 232 g/mol. The van der Waals surface area contributed by atoms with Crippen molar-refractivity contribution in [3.05, 3.63) is 35.4 Å². The highest BCUT2D eigenvalue weighted by Crippen LogP contribution is 2.32. The van der Waals surface area contributed by atoms with Crippen molar-refractivity contribution in [1.29, 1.82) is 0 Å². The fourth-order valence-corrected chi connectivity index (χ4v) is 2.83. The molecule has 17 heavy (non-hydrogen) atoms. The Morgan fingerprint density at radius 2 is 1.88 bits per heavy atom. The second kappa shape index (κ2) is 5.22. The quantitative estimate of drug-likeness (QED) is 0.767. The Morgan fingerprint density at radius 3 is 2.59 bits per heavy atom. The maximum Gasteiger partial charge on any atom is 0.0688 e. The average molecular weight is 232 g/mol. The molecule has 2 atom stereocenters. The third kappa shape index (κ3) is 3.57. The Labute approximate surface area is 105 Å². The topological polar surface area (TPSA) is 20.2 Å². The minimum absolute atomic E-state index is 0.458. The van der Waals surface area contributed by atoms with Crippen LogP contribution in [-0.4, -0.2) is 10.7 Å². The van der Waals surface area contributed by atoms with Gasteiger partial charge in [-0.25, -0.2) is 0 Å². The van der Waals surface area contributed by atoms with Gasteiger partial charge in [-0.3, -0.25) is 0 Å². The molecule has 0 heterocycles. The zero-order chi connectivity index (χ0) is 12.3. The third-order valence-corrected chi connectivity index (χ3v) is 4.10. The number of aliphatic hydroxyl groups is 1. The highest BCUT2D eigenvalue weighted by atomic mass is 16.3. The highest BCUT2D eigenvalue weighted by molar-refractivity contribution is 5.22. The van der Waals surface area contributed by atoms with Crippen molar-refractivity contribution >= 4 is 0 Å². The van der Waals surface area contributed by atoms with Gasteiger partial charge in [-0.15, -0.1) is 0 Å². The van der Waals surface area contributed by atoms with Gasteiger partial charge in [0.25, 0.3) is 0 Å². The van der Waals surface area contributed by atoms with Crippen molar-refractivity contribution in [3.63, 3.8) is 0 Å². The van der Waals surface area contributed by atoms with Crippen molar-refractivity contribution in [2.75, 3.05) is 0 Å². The Kier molecular flexibility index (Phi) is 3.88. The van der Waals surface area contributed by atoms with Gasteiger partial charge in [0.05, 0.1) is 5.60 Å². The summed E-state index contributed by atoms with van der Waals surface area (Å²) in [6, 6.07) is 8.58. The number of benzene rings is 1. The van der Waals surface area contributed by atoms with Crippen LogP contribution in [0.5, 0.6) is 0 Å². The van der Waals surface area contributed by atoms with E-state index in [0.717, 1.165) is 25.2 Å². The van der Waals surface area contributed by atoms with Crippen LogP contribution in [0.1, 0.15) is 50.2 Å².